The molecule has 2 aromatic carbocycles. The van der Waals surface area contributed by atoms with Crippen LogP contribution in [0.2, 0.25) is 0 Å². The second-order valence-corrected chi connectivity index (χ2v) is 7.77. The van der Waals surface area contributed by atoms with Crippen LogP contribution < -0.4 is 10.6 Å². The summed E-state index contributed by atoms with van der Waals surface area (Å²) in [5, 5.41) is 38.8. The zero-order valence-corrected chi connectivity index (χ0v) is 15.8. The lowest BCUT2D eigenvalue weighted by molar-refractivity contribution is 0.511. The number of benzene rings is 2. The fourth-order valence-electron chi connectivity index (χ4n) is 2.91. The van der Waals surface area contributed by atoms with Gasteiger partial charge in [-0.15, -0.1) is 0 Å². The molecular formula is C18H2F4N6S2. The summed E-state index contributed by atoms with van der Waals surface area (Å²) >= 11 is 1.16. The highest BCUT2D eigenvalue weighted by atomic mass is 32.2. The Morgan fingerprint density at radius 3 is 1.57 bits per heavy atom. The maximum absolute atomic E-state index is 15.4. The molecule has 6 nitrogen and oxygen atoms in total. The van der Waals surface area contributed by atoms with Crippen LogP contribution >= 0.6 is 23.5 Å². The first-order chi connectivity index (χ1) is 14.4. The molecule has 0 saturated carbocycles. The van der Waals surface area contributed by atoms with Gasteiger partial charge in [-0.25, -0.2) is 17.6 Å². The molecule has 0 aromatic heterocycles. The van der Waals surface area contributed by atoms with Gasteiger partial charge in [0.15, 0.2) is 28.6 Å². The lowest BCUT2D eigenvalue weighted by Gasteiger charge is -2.12. The van der Waals surface area contributed by atoms with E-state index < -0.39 is 56.6 Å². The monoisotopic (exact) mass is 442 g/mol. The molecule has 0 fully saturated rings. The molecule has 0 atom stereocenters. The van der Waals surface area contributed by atoms with E-state index in [4.69, 9.17) is 21.0 Å². The van der Waals surface area contributed by atoms with Crippen molar-refractivity contribution in [2.24, 2.45) is 0 Å². The molecule has 0 bridgehead atoms. The van der Waals surface area contributed by atoms with E-state index in [2.05, 4.69) is 10.6 Å². The molecule has 2 aliphatic heterocycles. The Hall–Kier alpha value is -3.84. The quantitative estimate of drug-likeness (QED) is 0.435. The summed E-state index contributed by atoms with van der Waals surface area (Å²) in [6.45, 7) is 0. The van der Waals surface area contributed by atoms with Gasteiger partial charge in [-0.1, -0.05) is 23.5 Å². The summed E-state index contributed by atoms with van der Waals surface area (Å²) in [6, 6.07) is 6.31. The largest absolute Gasteiger partial charge is 0.345 e. The van der Waals surface area contributed by atoms with Crippen molar-refractivity contribution >= 4 is 45.7 Å². The Morgan fingerprint density at radius 1 is 0.600 bits per heavy atom. The van der Waals surface area contributed by atoms with Gasteiger partial charge in [0.1, 0.15) is 40.2 Å². The number of hydrogen-bond donors (Lipinski definition) is 2. The van der Waals surface area contributed by atoms with Gasteiger partial charge in [-0.2, -0.15) is 21.0 Å². The molecule has 4 rings (SSSR count). The van der Waals surface area contributed by atoms with Crippen molar-refractivity contribution in [2.45, 2.75) is 9.79 Å². The second-order valence-electron chi connectivity index (χ2n) is 5.72. The zero-order valence-electron chi connectivity index (χ0n) is 14.1. The average Bonchev–Trinajstić information content (AvgIpc) is 3.37. The highest BCUT2D eigenvalue weighted by molar-refractivity contribution is 8.04. The minimum Gasteiger partial charge on any atom is -0.345 e. The number of nitrogens with one attached hydrogen (secondary N) is 2. The molecular weight excluding hydrogens is 440 g/mol. The van der Waals surface area contributed by atoms with Crippen molar-refractivity contribution < 1.29 is 17.6 Å². The Bertz CT molecular complexity index is 1400. The number of nitriles is 4. The van der Waals surface area contributed by atoms with Crippen LogP contribution in [0.1, 0.15) is 0 Å². The highest BCUT2D eigenvalue weighted by Gasteiger charge is 2.36. The molecule has 0 spiro atoms. The van der Waals surface area contributed by atoms with Gasteiger partial charge in [0, 0.05) is 5.39 Å². The van der Waals surface area contributed by atoms with Crippen LogP contribution in [0.4, 0.5) is 28.9 Å². The lowest BCUT2D eigenvalue weighted by atomic mass is 10.1. The maximum atomic E-state index is 15.4. The number of allylic oxidation sites excluding steroid dienone is 2. The number of halogens is 4. The fraction of sp³-hybridized carbons (Fsp3) is 0. The number of rotatable bonds is 0. The first kappa shape index (κ1) is 19.5. The first-order valence-corrected chi connectivity index (χ1v) is 9.35. The normalized spacial score (nSPS) is 13.3. The molecule has 2 aromatic rings. The minimum absolute atomic E-state index is 0.149. The molecule has 2 aliphatic rings. The van der Waals surface area contributed by atoms with Crippen LogP contribution in [0.3, 0.4) is 0 Å². The number of nitrogens with zero attached hydrogens (tertiary/aromatic N) is 4. The first-order valence-electron chi connectivity index (χ1n) is 7.72. The summed E-state index contributed by atoms with van der Waals surface area (Å²) in [4.78, 5) is -0.579. The van der Waals surface area contributed by atoms with Gasteiger partial charge in [0.05, 0.1) is 26.6 Å². The van der Waals surface area contributed by atoms with E-state index in [1.54, 1.807) is 24.3 Å². The molecule has 0 saturated heterocycles. The van der Waals surface area contributed by atoms with Crippen molar-refractivity contribution in [3.05, 3.63) is 44.5 Å². The summed E-state index contributed by atoms with van der Waals surface area (Å²) in [7, 11) is 0. The number of thioether (sulfide) groups is 2. The SMILES string of the molecule is N#CC(C#N)=C1Nc2c(c(F)c3c4c(c(F)c(F)c3c2F)NC(=C(C#N)C#N)S4)S1. The van der Waals surface area contributed by atoms with Gasteiger partial charge in [-0.05, 0) is 0 Å². The van der Waals surface area contributed by atoms with Gasteiger partial charge in [-0.3, -0.25) is 0 Å². The fourth-order valence-corrected chi connectivity index (χ4v) is 4.99. The minimum atomic E-state index is -1.67. The highest BCUT2D eigenvalue weighted by Crippen LogP contribution is 2.54. The Morgan fingerprint density at radius 2 is 1.07 bits per heavy atom. The topological polar surface area (TPSA) is 119 Å². The van der Waals surface area contributed by atoms with E-state index in [0.717, 1.165) is 0 Å². The maximum Gasteiger partial charge on any atom is 0.184 e. The van der Waals surface area contributed by atoms with Crippen molar-refractivity contribution in [1.29, 1.82) is 21.0 Å². The molecule has 30 heavy (non-hydrogen) atoms. The lowest BCUT2D eigenvalue weighted by Crippen LogP contribution is -2.02. The van der Waals surface area contributed by atoms with Crippen molar-refractivity contribution in [3.8, 4) is 24.3 Å². The molecule has 12 heteroatoms. The van der Waals surface area contributed by atoms with Gasteiger partial charge in [0.2, 0.25) is 0 Å². The number of fused-ring (bicyclic) bond motifs is 4. The van der Waals surface area contributed by atoms with Gasteiger partial charge in [0.25, 0.3) is 0 Å². The predicted octanol–water partition coefficient (Wildman–Crippen LogP) is 4.95. The Balaban J connectivity index is 2.08. The Kier molecular flexibility index (Phi) is 4.47. The van der Waals surface area contributed by atoms with Gasteiger partial charge >= 0.3 is 0 Å². The van der Waals surface area contributed by atoms with Crippen LogP contribution in [0.15, 0.2) is 31.0 Å². The number of anilines is 2. The van der Waals surface area contributed by atoms with Crippen LogP contribution in [0.25, 0.3) is 10.8 Å². The van der Waals surface area contributed by atoms with E-state index in [-0.39, 0.29) is 19.8 Å². The molecule has 0 radical (unpaired) electrons. The molecule has 144 valence electrons. The smallest absolute Gasteiger partial charge is 0.184 e. The van der Waals surface area contributed by atoms with Crippen molar-refractivity contribution in [1.82, 2.24) is 0 Å². The van der Waals surface area contributed by atoms with E-state index in [0.29, 0.717) is 23.5 Å². The molecule has 0 amide bonds. The third-order valence-electron chi connectivity index (χ3n) is 4.21. The zero-order chi connectivity index (χ0) is 21.7. The third kappa shape index (κ3) is 2.49. The van der Waals surface area contributed by atoms with Crippen LogP contribution in [0.5, 0.6) is 0 Å². The van der Waals surface area contributed by atoms with Crippen molar-refractivity contribution in [3.63, 3.8) is 0 Å². The second kappa shape index (κ2) is 6.89. The molecule has 2 N–H and O–H groups in total. The molecule has 0 unspecified atom stereocenters. The predicted molar refractivity (Wildman–Crippen MR) is 99.2 cm³/mol. The summed E-state index contributed by atoms with van der Waals surface area (Å²) in [5.41, 5.74) is -1.93. The molecule has 0 aliphatic carbocycles. The summed E-state index contributed by atoms with van der Waals surface area (Å²) < 4.78 is 59.8. The Labute approximate surface area is 173 Å². The summed E-state index contributed by atoms with van der Waals surface area (Å²) in [5.74, 6) is -5.59. The molecule has 2 heterocycles. The van der Waals surface area contributed by atoms with Crippen LogP contribution in [-0.2, 0) is 0 Å². The van der Waals surface area contributed by atoms with E-state index in [1.165, 1.54) is 0 Å². The van der Waals surface area contributed by atoms with Gasteiger partial charge < -0.3 is 10.6 Å². The third-order valence-corrected chi connectivity index (χ3v) is 6.43. The van der Waals surface area contributed by atoms with Crippen molar-refractivity contribution in [2.75, 3.05) is 10.6 Å². The van der Waals surface area contributed by atoms with Crippen LogP contribution in [-0.4, -0.2) is 0 Å². The standard InChI is InChI=1S/C18H2F4N6S2/c19-9-7-8(15-14(12(9)22)28-17(29-15)5(1-23)2-24)11(21)16-13(10(7)20)27-18(30-16)6(3-25)4-26/h27-28H. The van der Waals surface area contributed by atoms with E-state index in [1.807, 2.05) is 0 Å². The van der Waals surface area contributed by atoms with E-state index >= 15 is 8.78 Å². The average molecular weight is 442 g/mol. The van der Waals surface area contributed by atoms with E-state index in [9.17, 15) is 8.78 Å². The number of hydrogen-bond acceptors (Lipinski definition) is 8. The van der Waals surface area contributed by atoms with Crippen LogP contribution in [0, 0.1) is 68.6 Å². The summed E-state index contributed by atoms with van der Waals surface area (Å²) in [6.07, 6.45) is 0.